The lowest BCUT2D eigenvalue weighted by molar-refractivity contribution is 0.357. The Labute approximate surface area is 114 Å². The van der Waals surface area contributed by atoms with Gasteiger partial charge in [0.25, 0.3) is 5.56 Å². The summed E-state index contributed by atoms with van der Waals surface area (Å²) in [5, 5.41) is 0. The van der Waals surface area contributed by atoms with Gasteiger partial charge >= 0.3 is 0 Å². The van der Waals surface area contributed by atoms with E-state index in [4.69, 9.17) is 4.74 Å². The van der Waals surface area contributed by atoms with Gasteiger partial charge < -0.3 is 9.72 Å². The minimum atomic E-state index is -0.0447. The molecule has 0 bridgehead atoms. The van der Waals surface area contributed by atoms with E-state index in [1.807, 2.05) is 12.1 Å². The van der Waals surface area contributed by atoms with Crippen LogP contribution in [-0.2, 0) is 13.0 Å². The summed E-state index contributed by atoms with van der Waals surface area (Å²) in [5.41, 5.74) is 3.51. The van der Waals surface area contributed by atoms with Crippen LogP contribution in [0.1, 0.15) is 11.1 Å². The van der Waals surface area contributed by atoms with Crippen molar-refractivity contribution >= 4 is 11.0 Å². The molecule has 0 saturated heterocycles. The number of aromatic amines is 1. The highest BCUT2D eigenvalue weighted by molar-refractivity contribution is 5.73. The molecule has 1 N–H and O–H groups in total. The van der Waals surface area contributed by atoms with Crippen molar-refractivity contribution in [3.8, 4) is 5.75 Å². The van der Waals surface area contributed by atoms with Gasteiger partial charge in [-0.25, -0.2) is 4.98 Å². The molecule has 0 unspecified atom stereocenters. The first-order valence-corrected chi connectivity index (χ1v) is 6.58. The van der Waals surface area contributed by atoms with E-state index in [0.29, 0.717) is 17.6 Å². The highest BCUT2D eigenvalue weighted by atomic mass is 16.5. The van der Waals surface area contributed by atoms with E-state index in [1.165, 1.54) is 5.56 Å². The van der Waals surface area contributed by atoms with Crippen LogP contribution in [0.25, 0.3) is 11.0 Å². The predicted molar refractivity (Wildman–Crippen MR) is 75.1 cm³/mol. The van der Waals surface area contributed by atoms with Crippen molar-refractivity contribution < 1.29 is 4.74 Å². The van der Waals surface area contributed by atoms with Crippen molar-refractivity contribution in [2.24, 2.45) is 0 Å². The van der Waals surface area contributed by atoms with Crippen LogP contribution < -0.4 is 10.3 Å². The molecule has 1 aliphatic rings. The first-order valence-electron chi connectivity index (χ1n) is 6.58. The van der Waals surface area contributed by atoms with Crippen LogP contribution in [0.2, 0.25) is 0 Å². The molecular weight excluding hydrogens is 254 g/mol. The van der Waals surface area contributed by atoms with Crippen molar-refractivity contribution in [1.29, 1.82) is 0 Å². The minimum Gasteiger partial charge on any atom is -0.493 e. The van der Waals surface area contributed by atoms with E-state index >= 15 is 0 Å². The van der Waals surface area contributed by atoms with Crippen molar-refractivity contribution in [2.75, 3.05) is 6.61 Å². The molecule has 0 radical (unpaired) electrons. The molecule has 5 heteroatoms. The lowest BCUT2D eigenvalue weighted by Gasteiger charge is -2.07. The Morgan fingerprint density at radius 2 is 2.30 bits per heavy atom. The molecule has 4 rings (SSSR count). The minimum absolute atomic E-state index is 0.0447. The zero-order chi connectivity index (χ0) is 13.5. The molecular formula is C15H13N3O2. The lowest BCUT2D eigenvalue weighted by Crippen LogP contribution is -2.21. The second kappa shape index (κ2) is 4.23. The summed E-state index contributed by atoms with van der Waals surface area (Å²) >= 11 is 0. The fourth-order valence-corrected chi connectivity index (χ4v) is 2.62. The topological polar surface area (TPSA) is 59.9 Å². The highest BCUT2D eigenvalue weighted by Crippen LogP contribution is 2.26. The molecule has 0 amide bonds. The Balaban J connectivity index is 1.74. The molecule has 2 aromatic heterocycles. The molecule has 5 nitrogen and oxygen atoms in total. The van der Waals surface area contributed by atoms with E-state index in [-0.39, 0.29) is 5.56 Å². The van der Waals surface area contributed by atoms with Gasteiger partial charge in [-0.15, -0.1) is 0 Å². The molecule has 0 saturated carbocycles. The van der Waals surface area contributed by atoms with Gasteiger partial charge in [0, 0.05) is 12.6 Å². The summed E-state index contributed by atoms with van der Waals surface area (Å²) < 4.78 is 7.11. The second-order valence-corrected chi connectivity index (χ2v) is 4.96. The number of rotatable bonds is 2. The number of hydrogen-bond donors (Lipinski definition) is 1. The van der Waals surface area contributed by atoms with Gasteiger partial charge in [0.15, 0.2) is 0 Å². The zero-order valence-electron chi connectivity index (χ0n) is 10.8. The number of ether oxygens (including phenoxy) is 1. The fourth-order valence-electron chi connectivity index (χ4n) is 2.62. The molecule has 100 valence electrons. The molecule has 3 aromatic rings. The predicted octanol–water partition coefficient (Wildman–Crippen LogP) is 1.71. The Morgan fingerprint density at radius 1 is 1.35 bits per heavy atom. The normalized spacial score (nSPS) is 13.4. The monoisotopic (exact) mass is 267 g/mol. The average molecular weight is 267 g/mol. The summed E-state index contributed by atoms with van der Waals surface area (Å²) in [5.74, 6) is 0.957. The molecule has 20 heavy (non-hydrogen) atoms. The number of hydrogen-bond acceptors (Lipinski definition) is 3. The average Bonchev–Trinajstić information content (AvgIpc) is 3.10. The SMILES string of the molecule is O=c1c2[nH]ccc2ncn1Cc1ccc2c(c1)CCO2. The third-order valence-electron chi connectivity index (χ3n) is 3.64. The number of benzene rings is 1. The van der Waals surface area contributed by atoms with Crippen LogP contribution in [0.15, 0.2) is 41.6 Å². The number of H-pyrrole nitrogens is 1. The molecule has 0 atom stereocenters. The smallest absolute Gasteiger partial charge is 0.277 e. The zero-order valence-corrected chi connectivity index (χ0v) is 10.8. The van der Waals surface area contributed by atoms with Gasteiger partial charge in [-0.2, -0.15) is 0 Å². The van der Waals surface area contributed by atoms with E-state index in [2.05, 4.69) is 16.0 Å². The number of fused-ring (bicyclic) bond motifs is 2. The third-order valence-corrected chi connectivity index (χ3v) is 3.64. The molecule has 0 fully saturated rings. The van der Waals surface area contributed by atoms with E-state index in [0.717, 1.165) is 24.3 Å². The number of aromatic nitrogens is 3. The van der Waals surface area contributed by atoms with Crippen molar-refractivity contribution in [2.45, 2.75) is 13.0 Å². The third kappa shape index (κ3) is 1.71. The van der Waals surface area contributed by atoms with Gasteiger partial charge in [-0.3, -0.25) is 9.36 Å². The van der Waals surface area contributed by atoms with E-state index in [1.54, 1.807) is 23.2 Å². The van der Waals surface area contributed by atoms with Crippen LogP contribution in [0.4, 0.5) is 0 Å². The van der Waals surface area contributed by atoms with E-state index < -0.39 is 0 Å². The quantitative estimate of drug-likeness (QED) is 0.769. The van der Waals surface area contributed by atoms with Crippen LogP contribution in [0.3, 0.4) is 0 Å². The Kier molecular flexibility index (Phi) is 2.39. The molecule has 3 heterocycles. The van der Waals surface area contributed by atoms with Gasteiger partial charge in [0.1, 0.15) is 11.3 Å². The molecule has 1 aliphatic heterocycles. The maximum atomic E-state index is 12.3. The summed E-state index contributed by atoms with van der Waals surface area (Å²) in [6.45, 7) is 1.27. The van der Waals surface area contributed by atoms with Gasteiger partial charge in [0.05, 0.1) is 25.0 Å². The molecule has 1 aromatic carbocycles. The molecule has 0 aliphatic carbocycles. The van der Waals surface area contributed by atoms with Crippen molar-refractivity contribution in [3.63, 3.8) is 0 Å². The molecule has 0 spiro atoms. The highest BCUT2D eigenvalue weighted by Gasteiger charge is 2.12. The van der Waals surface area contributed by atoms with Gasteiger partial charge in [-0.1, -0.05) is 12.1 Å². The second-order valence-electron chi connectivity index (χ2n) is 4.96. The Bertz CT molecular complexity index is 848. The lowest BCUT2D eigenvalue weighted by atomic mass is 10.1. The first kappa shape index (κ1) is 11.3. The number of nitrogens with one attached hydrogen (secondary N) is 1. The van der Waals surface area contributed by atoms with E-state index in [9.17, 15) is 4.79 Å². The maximum Gasteiger partial charge on any atom is 0.277 e. The van der Waals surface area contributed by atoms with Crippen LogP contribution in [0.5, 0.6) is 5.75 Å². The van der Waals surface area contributed by atoms with Crippen molar-refractivity contribution in [3.05, 3.63) is 58.3 Å². The van der Waals surface area contributed by atoms with Gasteiger partial charge in [0.2, 0.25) is 0 Å². The number of nitrogens with zero attached hydrogens (tertiary/aromatic N) is 2. The van der Waals surface area contributed by atoms with Crippen LogP contribution in [-0.4, -0.2) is 21.1 Å². The summed E-state index contributed by atoms with van der Waals surface area (Å²) in [6, 6.07) is 7.88. The standard InChI is InChI=1S/C15H13N3O2/c19-15-14-12(3-5-16-14)17-9-18(15)8-10-1-2-13-11(7-10)4-6-20-13/h1-3,5,7,9,16H,4,6,8H2. The van der Waals surface area contributed by atoms with Gasteiger partial charge in [-0.05, 0) is 23.3 Å². The Morgan fingerprint density at radius 3 is 3.25 bits per heavy atom. The summed E-state index contributed by atoms with van der Waals surface area (Å²) in [7, 11) is 0. The largest absolute Gasteiger partial charge is 0.493 e. The summed E-state index contributed by atoms with van der Waals surface area (Å²) in [4.78, 5) is 19.5. The summed E-state index contributed by atoms with van der Waals surface area (Å²) in [6.07, 6.45) is 4.27. The fraction of sp³-hybridized carbons (Fsp3) is 0.200. The van der Waals surface area contributed by atoms with Crippen molar-refractivity contribution in [1.82, 2.24) is 14.5 Å². The van der Waals surface area contributed by atoms with Crippen LogP contribution >= 0.6 is 0 Å². The Hall–Kier alpha value is -2.56. The maximum absolute atomic E-state index is 12.3. The van der Waals surface area contributed by atoms with Crippen LogP contribution in [0, 0.1) is 0 Å². The first-order chi connectivity index (χ1) is 9.81.